The molecule has 0 spiro atoms. The van der Waals surface area contributed by atoms with Crippen LogP contribution in [0, 0.1) is 5.92 Å². The van der Waals surface area contributed by atoms with Gasteiger partial charge >= 0.3 is 0 Å². The predicted octanol–water partition coefficient (Wildman–Crippen LogP) is 4.80. The molecule has 2 aromatic rings. The van der Waals surface area contributed by atoms with Crippen LogP contribution in [-0.4, -0.2) is 13.7 Å². The molecule has 0 bridgehead atoms. The summed E-state index contributed by atoms with van der Waals surface area (Å²) in [5, 5.41) is 0.713. The van der Waals surface area contributed by atoms with Crippen molar-refractivity contribution < 1.29 is 9.47 Å². The largest absolute Gasteiger partial charge is 0.492 e. The molecular formula is C17H17ClO2. The summed E-state index contributed by atoms with van der Waals surface area (Å²) in [6.07, 6.45) is 2.54. The highest BCUT2D eigenvalue weighted by Crippen LogP contribution is 2.41. The van der Waals surface area contributed by atoms with Crippen LogP contribution < -0.4 is 9.47 Å². The standard InChI is InChI=1S/C17H17ClO2/c1-19-17-14(13-5-2-3-7-15(13)18)6-4-8-16(17)20-11-12-9-10-12/h2-8,12H,9-11H2,1H3. The molecule has 20 heavy (non-hydrogen) atoms. The van der Waals surface area contributed by atoms with Crippen LogP contribution in [0.4, 0.5) is 0 Å². The van der Waals surface area contributed by atoms with Gasteiger partial charge in [-0.25, -0.2) is 0 Å². The predicted molar refractivity (Wildman–Crippen MR) is 81.7 cm³/mol. The molecule has 0 radical (unpaired) electrons. The van der Waals surface area contributed by atoms with E-state index in [-0.39, 0.29) is 0 Å². The fourth-order valence-corrected chi connectivity index (χ4v) is 2.46. The number of para-hydroxylation sites is 1. The van der Waals surface area contributed by atoms with E-state index in [9.17, 15) is 0 Å². The van der Waals surface area contributed by atoms with Crippen LogP contribution in [0.2, 0.25) is 5.02 Å². The van der Waals surface area contributed by atoms with Gasteiger partial charge in [-0.15, -0.1) is 0 Å². The van der Waals surface area contributed by atoms with Gasteiger partial charge in [-0.1, -0.05) is 41.9 Å². The molecule has 0 saturated heterocycles. The molecule has 1 fully saturated rings. The first-order valence-electron chi connectivity index (χ1n) is 6.84. The molecule has 0 aliphatic heterocycles. The van der Waals surface area contributed by atoms with Crippen LogP contribution in [0.5, 0.6) is 11.5 Å². The summed E-state index contributed by atoms with van der Waals surface area (Å²) in [4.78, 5) is 0. The first-order valence-corrected chi connectivity index (χ1v) is 7.22. The molecule has 104 valence electrons. The van der Waals surface area contributed by atoms with Gasteiger partial charge in [-0.2, -0.15) is 0 Å². The van der Waals surface area contributed by atoms with Crippen LogP contribution >= 0.6 is 11.6 Å². The Morgan fingerprint density at radius 2 is 1.80 bits per heavy atom. The molecule has 2 nitrogen and oxygen atoms in total. The normalized spacial score (nSPS) is 14.1. The summed E-state index contributed by atoms with van der Waals surface area (Å²) < 4.78 is 11.4. The smallest absolute Gasteiger partial charge is 0.168 e. The monoisotopic (exact) mass is 288 g/mol. The SMILES string of the molecule is COc1c(OCC2CC2)cccc1-c1ccccc1Cl. The molecule has 3 rings (SSSR count). The molecular weight excluding hydrogens is 272 g/mol. The second-order valence-electron chi connectivity index (χ2n) is 5.07. The van der Waals surface area contributed by atoms with Gasteiger partial charge in [0.05, 0.1) is 13.7 Å². The maximum absolute atomic E-state index is 6.28. The van der Waals surface area contributed by atoms with E-state index in [1.54, 1.807) is 7.11 Å². The highest BCUT2D eigenvalue weighted by Gasteiger charge is 2.23. The summed E-state index contributed by atoms with van der Waals surface area (Å²) in [6.45, 7) is 0.766. The van der Waals surface area contributed by atoms with Crippen LogP contribution in [0.15, 0.2) is 42.5 Å². The van der Waals surface area contributed by atoms with Crippen molar-refractivity contribution in [3.05, 3.63) is 47.5 Å². The highest BCUT2D eigenvalue weighted by molar-refractivity contribution is 6.33. The summed E-state index contributed by atoms with van der Waals surface area (Å²) in [5.41, 5.74) is 1.93. The Balaban J connectivity index is 1.97. The maximum Gasteiger partial charge on any atom is 0.168 e. The number of hydrogen-bond acceptors (Lipinski definition) is 2. The molecule has 1 aliphatic rings. The molecule has 2 aromatic carbocycles. The molecule has 0 atom stereocenters. The first-order chi connectivity index (χ1) is 9.79. The molecule has 0 aromatic heterocycles. The molecule has 1 saturated carbocycles. The lowest BCUT2D eigenvalue weighted by Crippen LogP contribution is -2.01. The third kappa shape index (κ3) is 2.75. The first kappa shape index (κ1) is 13.3. The quantitative estimate of drug-likeness (QED) is 0.786. The van der Waals surface area contributed by atoms with Crippen molar-refractivity contribution in [1.82, 2.24) is 0 Å². The number of methoxy groups -OCH3 is 1. The summed E-state index contributed by atoms with van der Waals surface area (Å²) in [7, 11) is 1.67. The van der Waals surface area contributed by atoms with Crippen LogP contribution in [0.25, 0.3) is 11.1 Å². The fraction of sp³-hybridized carbons (Fsp3) is 0.294. The van der Waals surface area contributed by atoms with Gasteiger partial charge in [-0.05, 0) is 30.9 Å². The lowest BCUT2D eigenvalue weighted by atomic mass is 10.0. The minimum absolute atomic E-state index is 0.712. The van der Waals surface area contributed by atoms with Gasteiger partial charge in [0.1, 0.15) is 0 Å². The topological polar surface area (TPSA) is 18.5 Å². The van der Waals surface area contributed by atoms with Gasteiger partial charge in [0.2, 0.25) is 0 Å². The van der Waals surface area contributed by atoms with Crippen molar-refractivity contribution in [2.24, 2.45) is 5.92 Å². The van der Waals surface area contributed by atoms with Gasteiger partial charge in [0.25, 0.3) is 0 Å². The number of hydrogen-bond donors (Lipinski definition) is 0. The Labute approximate surface area is 124 Å². The van der Waals surface area contributed by atoms with Gasteiger partial charge in [0.15, 0.2) is 11.5 Å². The van der Waals surface area contributed by atoms with E-state index >= 15 is 0 Å². The van der Waals surface area contributed by atoms with Crippen molar-refractivity contribution in [3.8, 4) is 22.6 Å². The Hall–Kier alpha value is -1.67. The minimum atomic E-state index is 0.712. The fourth-order valence-electron chi connectivity index (χ4n) is 2.22. The lowest BCUT2D eigenvalue weighted by Gasteiger charge is -2.15. The average Bonchev–Trinajstić information content (AvgIpc) is 3.29. The van der Waals surface area contributed by atoms with Gasteiger partial charge < -0.3 is 9.47 Å². The second kappa shape index (κ2) is 5.76. The maximum atomic E-state index is 6.28. The summed E-state index contributed by atoms with van der Waals surface area (Å²) in [6, 6.07) is 13.7. The van der Waals surface area contributed by atoms with E-state index in [0.29, 0.717) is 10.9 Å². The Morgan fingerprint density at radius 1 is 1.05 bits per heavy atom. The van der Waals surface area contributed by atoms with E-state index < -0.39 is 0 Å². The minimum Gasteiger partial charge on any atom is -0.492 e. The van der Waals surface area contributed by atoms with Crippen molar-refractivity contribution in [2.75, 3.05) is 13.7 Å². The van der Waals surface area contributed by atoms with Gasteiger partial charge in [0, 0.05) is 16.1 Å². The zero-order valence-electron chi connectivity index (χ0n) is 11.4. The molecule has 1 aliphatic carbocycles. The zero-order valence-corrected chi connectivity index (χ0v) is 12.2. The summed E-state index contributed by atoms with van der Waals surface area (Å²) >= 11 is 6.28. The molecule has 0 amide bonds. The molecule has 0 heterocycles. The number of ether oxygens (including phenoxy) is 2. The van der Waals surface area contributed by atoms with E-state index in [2.05, 4.69) is 0 Å². The van der Waals surface area contributed by atoms with E-state index in [1.807, 2.05) is 42.5 Å². The molecule has 0 N–H and O–H groups in total. The third-order valence-corrected chi connectivity index (χ3v) is 3.85. The Kier molecular flexibility index (Phi) is 3.83. The van der Waals surface area contributed by atoms with Crippen molar-refractivity contribution in [2.45, 2.75) is 12.8 Å². The van der Waals surface area contributed by atoms with Crippen molar-refractivity contribution in [1.29, 1.82) is 0 Å². The average molecular weight is 289 g/mol. The van der Waals surface area contributed by atoms with E-state index in [1.165, 1.54) is 12.8 Å². The highest BCUT2D eigenvalue weighted by atomic mass is 35.5. The van der Waals surface area contributed by atoms with Crippen molar-refractivity contribution in [3.63, 3.8) is 0 Å². The molecule has 3 heteroatoms. The molecule has 0 unspecified atom stereocenters. The van der Waals surface area contributed by atoms with Crippen LogP contribution in [0.1, 0.15) is 12.8 Å². The second-order valence-corrected chi connectivity index (χ2v) is 5.48. The van der Waals surface area contributed by atoms with Crippen LogP contribution in [0.3, 0.4) is 0 Å². The van der Waals surface area contributed by atoms with Gasteiger partial charge in [-0.3, -0.25) is 0 Å². The number of benzene rings is 2. The Bertz CT molecular complexity index is 606. The number of halogens is 1. The summed E-state index contributed by atoms with van der Waals surface area (Å²) in [5.74, 6) is 2.25. The lowest BCUT2D eigenvalue weighted by molar-refractivity contribution is 0.281. The van der Waals surface area contributed by atoms with Crippen LogP contribution in [-0.2, 0) is 0 Å². The Morgan fingerprint density at radius 3 is 2.50 bits per heavy atom. The third-order valence-electron chi connectivity index (χ3n) is 3.52. The zero-order chi connectivity index (χ0) is 13.9. The van der Waals surface area contributed by atoms with Crippen molar-refractivity contribution >= 4 is 11.6 Å². The van der Waals surface area contributed by atoms with E-state index in [0.717, 1.165) is 29.2 Å². The number of rotatable bonds is 5. The van der Waals surface area contributed by atoms with E-state index in [4.69, 9.17) is 21.1 Å².